The number of nitrogen functional groups attached to an aromatic ring is 2. The molecule has 8 N–H and O–H groups in total. The maximum absolute atomic E-state index is 13.7. The Morgan fingerprint density at radius 3 is 0.973 bits per heavy atom. The van der Waals surface area contributed by atoms with Gasteiger partial charge in [0.05, 0.1) is 130 Å². The summed E-state index contributed by atoms with van der Waals surface area (Å²) in [5.74, 6) is -5.41. The summed E-state index contributed by atoms with van der Waals surface area (Å²) in [4.78, 5) is 76.5. The Kier molecular flexibility index (Phi) is 49.0. The van der Waals surface area contributed by atoms with Crippen LogP contribution in [-0.4, -0.2) is 272 Å². The van der Waals surface area contributed by atoms with Crippen molar-refractivity contribution in [1.29, 1.82) is 0 Å². The zero-order valence-corrected chi connectivity index (χ0v) is 87.4. The van der Waals surface area contributed by atoms with E-state index in [-0.39, 0.29) is 139 Å². The molecule has 0 spiro atoms. The first-order chi connectivity index (χ1) is 70.6. The normalized spacial score (nSPS) is 15.9. The molecule has 8 aromatic rings. The maximum Gasteiger partial charge on any atom is 0.509 e. The predicted molar refractivity (Wildman–Crippen MR) is 538 cm³/mol. The van der Waals surface area contributed by atoms with Crippen molar-refractivity contribution in [3.63, 3.8) is 0 Å². The largest absolute Gasteiger partial charge is 0.856 e. The fourth-order valence-corrected chi connectivity index (χ4v) is 21.5. The van der Waals surface area contributed by atoms with E-state index in [0.29, 0.717) is 61.6 Å². The van der Waals surface area contributed by atoms with E-state index in [1.165, 1.54) is 71.9 Å². The lowest BCUT2D eigenvalue weighted by molar-refractivity contribution is -0.385. The molecule has 150 heavy (non-hydrogen) atoms. The molecule has 8 aromatic carbocycles. The minimum atomic E-state index is -5.33. The van der Waals surface area contributed by atoms with Crippen LogP contribution in [0, 0.1) is 43.9 Å². The molecule has 2 fully saturated rings. The third-order valence-corrected chi connectivity index (χ3v) is 29.6. The number of sulfonamides is 4. The van der Waals surface area contributed by atoms with Crippen LogP contribution in [-0.2, 0) is 104 Å². The van der Waals surface area contributed by atoms with Crippen LogP contribution in [0.4, 0.5) is 68.3 Å². The molecule has 0 aromatic heterocycles. The van der Waals surface area contributed by atoms with Gasteiger partial charge in [0, 0.05) is 87.8 Å². The van der Waals surface area contributed by atoms with Crippen molar-refractivity contribution in [3.8, 4) is 0 Å². The number of aliphatic hydroxyl groups excluding tert-OH is 2. The summed E-state index contributed by atoms with van der Waals surface area (Å²) in [5, 5.41) is 73.4. The topological polar surface area (TPSA) is 565 Å². The van der Waals surface area contributed by atoms with Crippen LogP contribution < -0.4 is 32.3 Å². The number of benzene rings is 8. The van der Waals surface area contributed by atoms with Gasteiger partial charge in [-0.25, -0.2) is 52.8 Å². The van der Waals surface area contributed by atoms with Crippen LogP contribution in [0.15, 0.2) is 248 Å². The molecule has 2 aliphatic rings. The molecule has 2 heterocycles. The second-order valence-corrected chi connectivity index (χ2v) is 44.1. The van der Waals surface area contributed by atoms with Crippen LogP contribution in [0.5, 0.6) is 0 Å². The minimum Gasteiger partial charge on any atom is -0.856 e. The van der Waals surface area contributed by atoms with Gasteiger partial charge in [-0.2, -0.15) is 43.6 Å². The van der Waals surface area contributed by atoms with Crippen LogP contribution >= 0.6 is 0 Å². The van der Waals surface area contributed by atoms with Crippen molar-refractivity contribution in [2.75, 3.05) is 103 Å². The average Bonchev–Trinajstić information content (AvgIpc) is 0.855. The summed E-state index contributed by atoms with van der Waals surface area (Å²) in [6.07, 6.45) is -20.3. The van der Waals surface area contributed by atoms with Gasteiger partial charge in [-0.1, -0.05) is 177 Å². The molecule has 40 nitrogen and oxygen atoms in total. The second-order valence-electron chi connectivity index (χ2n) is 36.4. The van der Waals surface area contributed by atoms with Gasteiger partial charge in [0.2, 0.25) is 40.1 Å². The third-order valence-electron chi connectivity index (χ3n) is 22.2. The van der Waals surface area contributed by atoms with Gasteiger partial charge in [0.25, 0.3) is 11.4 Å². The molecule has 0 aliphatic carbocycles. The number of rotatable bonds is 48. The number of halogens is 6. The molecule has 2 saturated heterocycles. The van der Waals surface area contributed by atoms with Crippen LogP contribution in [0.25, 0.3) is 0 Å². The Morgan fingerprint density at radius 2 is 0.693 bits per heavy atom. The average molecular weight is 2190 g/mol. The van der Waals surface area contributed by atoms with E-state index in [1.54, 1.807) is 95.3 Å². The lowest BCUT2D eigenvalue weighted by Gasteiger charge is -2.32. The maximum atomic E-state index is 13.7. The first-order valence-corrected chi connectivity index (χ1v) is 53.5. The van der Waals surface area contributed by atoms with E-state index < -0.39 is 166 Å². The predicted octanol–water partition coefficient (Wildman–Crippen LogP) is 12.2. The molecule has 0 saturated carbocycles. The smallest absolute Gasteiger partial charge is 0.509 e. The molecule has 0 bridgehead atoms. The van der Waals surface area contributed by atoms with Crippen molar-refractivity contribution < 1.29 is 147 Å². The van der Waals surface area contributed by atoms with E-state index in [2.05, 4.69) is 20.6 Å². The number of nitro benzene ring substituents is 2. The Bertz CT molecular complexity index is 6110. The van der Waals surface area contributed by atoms with Crippen molar-refractivity contribution in [2.24, 2.45) is 33.7 Å². The number of ether oxygens (including phenoxy) is 8. The van der Waals surface area contributed by atoms with E-state index >= 15 is 0 Å². The highest BCUT2D eigenvalue weighted by Gasteiger charge is 2.42. The summed E-state index contributed by atoms with van der Waals surface area (Å²) in [6, 6.07) is 49.8. The van der Waals surface area contributed by atoms with Gasteiger partial charge >= 0.3 is 36.8 Å². The van der Waals surface area contributed by atoms with E-state index in [4.69, 9.17) is 49.4 Å². The number of nitro groups is 2. The van der Waals surface area contributed by atoms with E-state index in [9.17, 15) is 120 Å². The Balaban J connectivity index is 0.000000271. The molecule has 2 amide bonds. The zero-order valence-electron chi connectivity index (χ0n) is 84.2. The summed E-state index contributed by atoms with van der Waals surface area (Å²) in [6.45, 7) is 17.0. The van der Waals surface area contributed by atoms with Crippen molar-refractivity contribution in [2.45, 2.75) is 200 Å². The number of aliphatic imine (C=N–C) groups is 2. The van der Waals surface area contributed by atoms with Crippen LogP contribution in [0.3, 0.4) is 0 Å². The Labute approximate surface area is 867 Å². The number of alkyl halides is 6. The van der Waals surface area contributed by atoms with Crippen molar-refractivity contribution >= 4 is 99.1 Å². The molecule has 0 radical (unpaired) electrons. The highest BCUT2D eigenvalue weighted by molar-refractivity contribution is 7.90. The number of nitrogens with zero attached hydrogens (tertiary/aromatic N) is 8. The van der Waals surface area contributed by atoms with Crippen molar-refractivity contribution in [1.82, 2.24) is 27.9 Å². The molecule has 10 unspecified atom stereocenters. The lowest BCUT2D eigenvalue weighted by Crippen LogP contribution is -2.51. The van der Waals surface area contributed by atoms with Gasteiger partial charge in [-0.05, 0) is 158 Å². The molecular weight excluding hydrogens is 2060 g/mol. The number of hydrogen-bond acceptors (Lipinski definition) is 32. The monoisotopic (exact) mass is 2190 g/mol. The summed E-state index contributed by atoms with van der Waals surface area (Å²) in [7, 11) is -16.6. The van der Waals surface area contributed by atoms with Crippen molar-refractivity contribution in [3.05, 3.63) is 261 Å². The number of alkyl carbamates (subject to hydrolysis) is 2. The minimum absolute atomic E-state index is 0.0126. The number of hydrogen-bond donors (Lipinski definition) is 6. The molecule has 824 valence electrons. The van der Waals surface area contributed by atoms with Crippen LogP contribution in [0.1, 0.15) is 104 Å². The number of amides is 2. The molecule has 50 heteroatoms. The van der Waals surface area contributed by atoms with E-state index in [0.717, 1.165) is 60.4 Å². The highest BCUT2D eigenvalue weighted by Crippen LogP contribution is 2.31. The SMILES string of the molecule is CC(C)CN(CC(O)C(Cc1ccccc1)NC(=O)OC1CCOC1)S(=O)(=O)c1ccc(N)cc1.CC(C)CN(CC(OC(=O)OC1CCOC1)C(Cc1ccccc1)N=C([O-])C(F)(F)F)S(=O)(=O)c1ccc(N)cc1.CCOC(=O)NC(Cc1ccccc1)C(O)CN(CC(C)C)S(=O)(=O)c1ccc([N+](=O)[O-])cc1.CCOC(=O)OC(CN(CC(C)C)S(=O)(=O)c1ccc([N+](=O)[O-])cc1)C(Cc1ccccc1)N=C([O-])C(F)(F)F. The van der Waals surface area contributed by atoms with Gasteiger partial charge in [-0.3, -0.25) is 30.2 Å². The first kappa shape index (κ1) is 124. The summed E-state index contributed by atoms with van der Waals surface area (Å²) >= 11 is 0. The Morgan fingerprint density at radius 1 is 0.413 bits per heavy atom. The number of anilines is 2. The zero-order chi connectivity index (χ0) is 111. The van der Waals surface area contributed by atoms with E-state index in [1.807, 2.05) is 88.4 Å². The molecule has 2 aliphatic heterocycles. The van der Waals surface area contributed by atoms with Crippen LogP contribution in [0.2, 0.25) is 0 Å². The number of nitrogens with two attached hydrogens (primary N) is 2. The third kappa shape index (κ3) is 41.2. The first-order valence-electron chi connectivity index (χ1n) is 47.7. The van der Waals surface area contributed by atoms with Gasteiger partial charge < -0.3 is 80.4 Å². The number of nitrogens with one attached hydrogen (secondary N) is 2. The number of carbonyl (C=O) groups is 4. The number of aliphatic hydroxyl groups is 2. The standard InChI is InChI=1S/C27H34F3N3O7S.C25H30F3N3O8S.C25H35N3O6S.C23H31N3O7S/c1-18(2)15-33(41(36,37)22-10-8-20(31)9-11-22)16-24(40-26(35)39-21-12-13-38-17-21)23(32-25(34)27(28,29)30)14-19-6-4-3-5-7-19;1-4-38-24(33)39-22(21(29-23(32)25(26,27)28)14-18-8-6-5-7-9-18)16-30(15-17(2)3)40(36,37)20-12-10-19(11-13-20)31(34)35;1-18(2)15-28(35(31,32)22-10-8-20(26)9-11-22)16-24(29)23(14-19-6-4-3-5-7-19)27-25(30)34-21-12-13-33-17-21;1-4-33-23(28)24-21(14-18-8-6-5-7-9-18)22(27)16-25(15-17(2)3)34(31,32)20-12-10-19(11-13-20)26(29)30/h3-11,18,21,23-24H,12-17,31H2,1-2H3,(H,32,34);5-13,17,21-22H,4,14-16H2,1-3H3,(H,29,32);3-11,18,21,23-24,29H,12-17,26H2,1-2H3,(H,27,30);5-13,17,21-22,27H,4,14-16H2,1-3H3,(H,24,28)/p-2. The molecule has 10 atom stereocenters. The summed E-state index contributed by atoms with van der Waals surface area (Å²) in [5.41, 5.74) is 14.3. The molecule has 10 rings (SSSR count). The summed E-state index contributed by atoms with van der Waals surface area (Å²) < 4.78 is 233. The Hall–Kier alpha value is -12.8. The fourth-order valence-electron chi connectivity index (χ4n) is 15.0. The van der Waals surface area contributed by atoms with Gasteiger partial charge in [0.15, 0.2) is 0 Å². The molecular formula is C100H128F6N12O28S4-2. The second kappa shape index (κ2) is 59.2. The fraction of sp³-hybridized carbons (Fsp3) is 0.460. The van der Waals surface area contributed by atoms with Gasteiger partial charge in [-0.15, -0.1) is 0 Å². The number of non-ortho nitro benzene ring substituents is 2. The highest BCUT2D eigenvalue weighted by atomic mass is 32.2. The lowest BCUT2D eigenvalue weighted by atomic mass is 10.0. The quantitative estimate of drug-likeness (QED) is 0.00301. The number of carbonyl (C=O) groups excluding carboxylic acids is 4. The van der Waals surface area contributed by atoms with Gasteiger partial charge in [0.1, 0.15) is 24.4 Å².